The minimum Gasteiger partial charge on any atom is -0.377 e. The van der Waals surface area contributed by atoms with Gasteiger partial charge in [0.1, 0.15) is 0 Å². The summed E-state index contributed by atoms with van der Waals surface area (Å²) in [4.78, 5) is 1.34. The Kier molecular flexibility index (Phi) is 4.01. The van der Waals surface area contributed by atoms with E-state index in [1.54, 1.807) is 0 Å². The Hall–Kier alpha value is -1.42. The summed E-state index contributed by atoms with van der Waals surface area (Å²) in [6.07, 6.45) is 5.59. The molecule has 0 bridgehead atoms. The summed E-state index contributed by atoms with van der Waals surface area (Å²) in [6, 6.07) is 8.99. The number of aryl methyl sites for hydroxylation is 1. The van der Waals surface area contributed by atoms with Crippen molar-refractivity contribution in [2.75, 3.05) is 11.1 Å². The molecule has 0 spiro atoms. The number of hydrogen-bond acceptors (Lipinski definition) is 3. The molecule has 0 amide bonds. The molecule has 1 aliphatic rings. The fourth-order valence-corrected chi connectivity index (χ4v) is 3.68. The molecule has 0 radical (unpaired) electrons. The maximum absolute atomic E-state index is 4.42. The molecular formula is C16H21N3S. The molecule has 3 rings (SSSR count). The lowest BCUT2D eigenvalue weighted by atomic mass is 9.93. The summed E-state index contributed by atoms with van der Waals surface area (Å²) >= 11 is 1.89. The molecule has 20 heavy (non-hydrogen) atoms. The second kappa shape index (κ2) is 5.92. The molecule has 0 saturated heterocycles. The SMILES string of the molecule is CCSc1ccccc1NC1CCCc2c1cnn2C. The number of hydrogen-bond donors (Lipinski definition) is 1. The van der Waals surface area contributed by atoms with Gasteiger partial charge in [-0.3, -0.25) is 4.68 Å². The Morgan fingerprint density at radius 2 is 2.25 bits per heavy atom. The number of nitrogens with zero attached hydrogens (tertiary/aromatic N) is 2. The third-order valence-corrected chi connectivity index (χ3v) is 4.85. The van der Waals surface area contributed by atoms with Gasteiger partial charge in [0.05, 0.1) is 12.2 Å². The summed E-state index contributed by atoms with van der Waals surface area (Å²) in [5.41, 5.74) is 4.01. The summed E-state index contributed by atoms with van der Waals surface area (Å²) in [5.74, 6) is 1.10. The molecule has 1 aromatic carbocycles. The summed E-state index contributed by atoms with van der Waals surface area (Å²) in [7, 11) is 2.04. The molecule has 1 aliphatic carbocycles. The molecule has 3 nitrogen and oxygen atoms in total. The highest BCUT2D eigenvalue weighted by Gasteiger charge is 2.23. The van der Waals surface area contributed by atoms with Gasteiger partial charge in [-0.05, 0) is 37.1 Å². The number of nitrogens with one attached hydrogen (secondary N) is 1. The van der Waals surface area contributed by atoms with Crippen molar-refractivity contribution < 1.29 is 0 Å². The van der Waals surface area contributed by atoms with Crippen LogP contribution < -0.4 is 5.32 Å². The summed E-state index contributed by atoms with van der Waals surface area (Å²) < 4.78 is 2.02. The minimum atomic E-state index is 0.394. The van der Waals surface area contributed by atoms with Crippen molar-refractivity contribution in [1.29, 1.82) is 0 Å². The van der Waals surface area contributed by atoms with Crippen LogP contribution in [0.3, 0.4) is 0 Å². The van der Waals surface area contributed by atoms with Crippen LogP contribution in [-0.2, 0) is 13.5 Å². The number of aromatic nitrogens is 2. The lowest BCUT2D eigenvalue weighted by molar-refractivity contribution is 0.571. The fraction of sp³-hybridized carbons (Fsp3) is 0.438. The number of thioether (sulfide) groups is 1. The van der Waals surface area contributed by atoms with E-state index in [2.05, 4.69) is 41.6 Å². The molecule has 0 fully saturated rings. The second-order valence-electron chi connectivity index (χ2n) is 5.19. The quantitative estimate of drug-likeness (QED) is 0.861. The fourth-order valence-electron chi connectivity index (χ4n) is 2.91. The Morgan fingerprint density at radius 1 is 1.40 bits per heavy atom. The predicted octanol–water partition coefficient (Wildman–Crippen LogP) is 4.02. The average molecular weight is 287 g/mol. The zero-order valence-electron chi connectivity index (χ0n) is 12.1. The van der Waals surface area contributed by atoms with Crippen LogP contribution in [0.5, 0.6) is 0 Å². The van der Waals surface area contributed by atoms with E-state index in [1.807, 2.05) is 29.7 Å². The van der Waals surface area contributed by atoms with Gasteiger partial charge >= 0.3 is 0 Å². The van der Waals surface area contributed by atoms with E-state index in [1.165, 1.54) is 34.7 Å². The third kappa shape index (κ3) is 2.57. The molecule has 2 aromatic rings. The number of para-hydroxylation sites is 1. The average Bonchev–Trinajstić information content (AvgIpc) is 2.84. The van der Waals surface area contributed by atoms with E-state index < -0.39 is 0 Å². The maximum atomic E-state index is 4.42. The lowest BCUT2D eigenvalue weighted by Gasteiger charge is -2.25. The molecule has 0 aliphatic heterocycles. The zero-order chi connectivity index (χ0) is 13.9. The highest BCUT2D eigenvalue weighted by molar-refractivity contribution is 7.99. The van der Waals surface area contributed by atoms with Crippen molar-refractivity contribution in [1.82, 2.24) is 9.78 Å². The number of anilines is 1. The van der Waals surface area contributed by atoms with Crippen molar-refractivity contribution in [3.8, 4) is 0 Å². The van der Waals surface area contributed by atoms with Crippen LogP contribution in [0.1, 0.15) is 37.1 Å². The summed E-state index contributed by atoms with van der Waals surface area (Å²) in [6.45, 7) is 2.20. The van der Waals surface area contributed by atoms with Gasteiger partial charge in [-0.25, -0.2) is 0 Å². The third-order valence-electron chi connectivity index (χ3n) is 3.89. The first-order valence-electron chi connectivity index (χ1n) is 7.28. The van der Waals surface area contributed by atoms with Crippen LogP contribution in [0, 0.1) is 0 Å². The van der Waals surface area contributed by atoms with Crippen LogP contribution in [-0.4, -0.2) is 15.5 Å². The van der Waals surface area contributed by atoms with Gasteiger partial charge in [-0.2, -0.15) is 5.10 Å². The molecule has 1 N–H and O–H groups in total. The normalized spacial score (nSPS) is 17.8. The van der Waals surface area contributed by atoms with E-state index in [9.17, 15) is 0 Å². The number of rotatable bonds is 4. The topological polar surface area (TPSA) is 29.9 Å². The van der Waals surface area contributed by atoms with Gasteiger partial charge in [0, 0.05) is 28.9 Å². The first-order valence-corrected chi connectivity index (χ1v) is 8.27. The molecule has 1 aromatic heterocycles. The van der Waals surface area contributed by atoms with Crippen molar-refractivity contribution in [2.45, 2.75) is 37.1 Å². The smallest absolute Gasteiger partial charge is 0.0548 e. The first-order chi connectivity index (χ1) is 9.79. The van der Waals surface area contributed by atoms with Gasteiger partial charge < -0.3 is 5.32 Å². The first kappa shape index (κ1) is 13.6. The molecule has 1 atom stereocenters. The molecule has 1 unspecified atom stereocenters. The van der Waals surface area contributed by atoms with E-state index in [-0.39, 0.29) is 0 Å². The maximum Gasteiger partial charge on any atom is 0.0548 e. The van der Waals surface area contributed by atoms with E-state index >= 15 is 0 Å². The highest BCUT2D eigenvalue weighted by atomic mass is 32.2. The van der Waals surface area contributed by atoms with Crippen molar-refractivity contribution in [3.05, 3.63) is 41.7 Å². The predicted molar refractivity (Wildman–Crippen MR) is 85.3 cm³/mol. The van der Waals surface area contributed by atoms with Gasteiger partial charge in [-0.15, -0.1) is 11.8 Å². The minimum absolute atomic E-state index is 0.394. The standard InChI is InChI=1S/C16H21N3S/c1-3-20-16-10-5-4-7-14(16)18-13-8-6-9-15-12(13)11-17-19(15)2/h4-5,7,10-11,13,18H,3,6,8-9H2,1-2H3. The Labute approximate surface area is 124 Å². The van der Waals surface area contributed by atoms with Crippen LogP contribution in [0.2, 0.25) is 0 Å². The van der Waals surface area contributed by atoms with Crippen LogP contribution in [0.15, 0.2) is 35.4 Å². The van der Waals surface area contributed by atoms with E-state index in [0.717, 1.165) is 12.2 Å². The van der Waals surface area contributed by atoms with Crippen molar-refractivity contribution >= 4 is 17.4 Å². The summed E-state index contributed by atoms with van der Waals surface area (Å²) in [5, 5.41) is 8.15. The Morgan fingerprint density at radius 3 is 3.10 bits per heavy atom. The Bertz CT molecular complexity index is 591. The number of benzene rings is 1. The van der Waals surface area contributed by atoms with Crippen molar-refractivity contribution in [3.63, 3.8) is 0 Å². The lowest BCUT2D eigenvalue weighted by Crippen LogP contribution is -2.18. The van der Waals surface area contributed by atoms with Crippen LogP contribution in [0.4, 0.5) is 5.69 Å². The zero-order valence-corrected chi connectivity index (χ0v) is 12.9. The van der Waals surface area contributed by atoms with Crippen LogP contribution >= 0.6 is 11.8 Å². The van der Waals surface area contributed by atoms with Gasteiger partial charge in [-0.1, -0.05) is 19.1 Å². The second-order valence-corrected chi connectivity index (χ2v) is 6.49. The van der Waals surface area contributed by atoms with Crippen LogP contribution in [0.25, 0.3) is 0 Å². The highest BCUT2D eigenvalue weighted by Crippen LogP contribution is 2.35. The molecule has 4 heteroatoms. The molecule has 106 valence electrons. The molecule has 1 heterocycles. The van der Waals surface area contributed by atoms with Gasteiger partial charge in [0.15, 0.2) is 0 Å². The Balaban J connectivity index is 1.86. The molecular weight excluding hydrogens is 266 g/mol. The largest absolute Gasteiger partial charge is 0.377 e. The van der Waals surface area contributed by atoms with Crippen molar-refractivity contribution in [2.24, 2.45) is 7.05 Å². The van der Waals surface area contributed by atoms with E-state index in [0.29, 0.717) is 6.04 Å². The van der Waals surface area contributed by atoms with Gasteiger partial charge in [0.25, 0.3) is 0 Å². The monoisotopic (exact) mass is 287 g/mol. The van der Waals surface area contributed by atoms with Gasteiger partial charge in [0.2, 0.25) is 0 Å². The molecule has 0 saturated carbocycles. The number of fused-ring (bicyclic) bond motifs is 1. The van der Waals surface area contributed by atoms with E-state index in [4.69, 9.17) is 0 Å².